The third kappa shape index (κ3) is 3.42. The molecule has 10 nitrogen and oxygen atoms in total. The average Bonchev–Trinajstić information content (AvgIpc) is 3.34. The van der Waals surface area contributed by atoms with Gasteiger partial charge >= 0.3 is 5.97 Å². The molecule has 1 spiro atoms. The van der Waals surface area contributed by atoms with Crippen LogP contribution in [0.15, 0.2) is 11.6 Å². The number of cyclic esters (lactones) is 1. The molecular weight excluding hydrogens is 520 g/mol. The maximum Gasteiger partial charge on any atom is 0.331 e. The van der Waals surface area contributed by atoms with Crippen molar-refractivity contribution in [1.82, 2.24) is 0 Å². The van der Waals surface area contributed by atoms with E-state index in [-0.39, 0.29) is 48.0 Å². The van der Waals surface area contributed by atoms with Gasteiger partial charge in [-0.05, 0) is 74.7 Å². The monoisotopic (exact) mass is 564 g/mol. The Labute approximate surface area is 234 Å². The van der Waals surface area contributed by atoms with Crippen molar-refractivity contribution in [1.29, 1.82) is 0 Å². The summed E-state index contributed by atoms with van der Waals surface area (Å²) in [6.45, 7) is 6.32. The van der Waals surface area contributed by atoms with Crippen LogP contribution in [0.1, 0.15) is 65.7 Å². The van der Waals surface area contributed by atoms with E-state index < -0.39 is 53.4 Å². The van der Waals surface area contributed by atoms with Crippen LogP contribution < -0.4 is 0 Å². The Morgan fingerprint density at radius 2 is 1.85 bits per heavy atom. The van der Waals surface area contributed by atoms with Crippen molar-refractivity contribution in [3.05, 3.63) is 11.6 Å². The zero-order valence-electron chi connectivity index (χ0n) is 23.8. The first-order valence-electron chi connectivity index (χ1n) is 15.0. The number of hydrogen-bond acceptors (Lipinski definition) is 10. The molecule has 40 heavy (non-hydrogen) atoms. The van der Waals surface area contributed by atoms with Gasteiger partial charge in [0.05, 0.1) is 24.4 Å². The predicted molar refractivity (Wildman–Crippen MR) is 139 cm³/mol. The third-order valence-electron chi connectivity index (χ3n) is 12.6. The Hall–Kier alpha value is -1.11. The summed E-state index contributed by atoms with van der Waals surface area (Å²) >= 11 is 0. The topological polar surface area (TPSA) is 147 Å². The van der Waals surface area contributed by atoms with Crippen LogP contribution in [0, 0.1) is 28.6 Å². The molecule has 6 fully saturated rings. The lowest BCUT2D eigenvalue weighted by molar-refractivity contribution is -0.313. The van der Waals surface area contributed by atoms with Crippen LogP contribution in [-0.4, -0.2) is 100 Å². The van der Waals surface area contributed by atoms with E-state index in [1.165, 1.54) is 7.11 Å². The Kier molecular flexibility index (Phi) is 6.20. The normalized spacial score (nSPS) is 58.8. The van der Waals surface area contributed by atoms with Crippen LogP contribution in [0.2, 0.25) is 0 Å². The largest absolute Gasteiger partial charge is 0.458 e. The Bertz CT molecular complexity index is 1100. The molecule has 0 aromatic rings. The van der Waals surface area contributed by atoms with Crippen LogP contribution in [0.3, 0.4) is 0 Å². The quantitative estimate of drug-likeness (QED) is 0.223. The average molecular weight is 565 g/mol. The van der Waals surface area contributed by atoms with Crippen LogP contribution in [0.25, 0.3) is 0 Å². The number of aliphatic hydroxyl groups is 4. The van der Waals surface area contributed by atoms with Gasteiger partial charge in [-0.1, -0.05) is 13.8 Å². The number of esters is 1. The number of rotatable bonds is 4. The number of epoxide rings is 1. The van der Waals surface area contributed by atoms with Crippen molar-refractivity contribution in [3.63, 3.8) is 0 Å². The van der Waals surface area contributed by atoms with E-state index in [0.717, 1.165) is 37.7 Å². The number of ether oxygens (including phenoxy) is 5. The lowest BCUT2D eigenvalue weighted by Crippen LogP contribution is -2.72. The smallest absolute Gasteiger partial charge is 0.331 e. The first-order chi connectivity index (χ1) is 18.9. The summed E-state index contributed by atoms with van der Waals surface area (Å²) in [7, 11) is 1.46. The highest BCUT2D eigenvalue weighted by Crippen LogP contribution is 2.77. The molecule has 0 aromatic carbocycles. The lowest BCUT2D eigenvalue weighted by Gasteiger charge is -2.63. The molecular formula is C30H44O10. The number of aliphatic hydroxyl groups excluding tert-OH is 3. The van der Waals surface area contributed by atoms with E-state index in [2.05, 4.69) is 13.8 Å². The molecule has 5 unspecified atom stereocenters. The lowest BCUT2D eigenvalue weighted by atomic mass is 9.42. The van der Waals surface area contributed by atoms with E-state index in [1.807, 2.05) is 0 Å². The maximum atomic E-state index is 12.6. The summed E-state index contributed by atoms with van der Waals surface area (Å²) in [5.74, 6) is -0.362. The van der Waals surface area contributed by atoms with Crippen molar-refractivity contribution in [2.75, 3.05) is 13.7 Å². The zero-order chi connectivity index (χ0) is 28.4. The fourth-order valence-corrected chi connectivity index (χ4v) is 10.6. The highest BCUT2D eigenvalue weighted by atomic mass is 16.7. The van der Waals surface area contributed by atoms with Crippen molar-refractivity contribution in [2.24, 2.45) is 28.6 Å². The van der Waals surface area contributed by atoms with Gasteiger partial charge in [0.25, 0.3) is 0 Å². The fourth-order valence-electron chi connectivity index (χ4n) is 10.6. The molecule has 0 amide bonds. The summed E-state index contributed by atoms with van der Waals surface area (Å²) in [5, 5.41) is 45.6. The van der Waals surface area contributed by atoms with Gasteiger partial charge in [-0.25, -0.2) is 4.79 Å². The molecule has 10 heteroatoms. The predicted octanol–water partition coefficient (Wildman–Crippen LogP) is 1.21. The number of carbonyl (C=O) groups excluding carboxylic acids is 1. The Morgan fingerprint density at radius 3 is 2.55 bits per heavy atom. The molecule has 7 rings (SSSR count). The van der Waals surface area contributed by atoms with Crippen LogP contribution >= 0.6 is 0 Å². The minimum atomic E-state index is -1.10. The molecule has 15 atom stereocenters. The van der Waals surface area contributed by atoms with Crippen molar-refractivity contribution < 1.29 is 48.9 Å². The van der Waals surface area contributed by atoms with E-state index >= 15 is 0 Å². The van der Waals surface area contributed by atoms with Gasteiger partial charge in [0.2, 0.25) is 0 Å². The highest BCUT2D eigenvalue weighted by molar-refractivity contribution is 5.85. The first-order valence-corrected chi connectivity index (χ1v) is 15.0. The van der Waals surface area contributed by atoms with Crippen molar-refractivity contribution in [2.45, 2.75) is 126 Å². The SMILES string of the molecule is COC1C(O)[C@H](O[C@H]2CC[C@]3(C)C4[C@H](O)C[C@]5(C)[C@@H](C6=CC(=O)OC6)CC[C@]5(O)C45O[C@H]5C[C@@H]3C2)OC(C)[C@@H]1O. The molecule has 0 radical (unpaired) electrons. The standard InChI is InChI=1S/C30H44O10/c1-14-22(33)24(36-4)23(34)26(38-14)39-17-5-7-27(2)16(10-17)11-20-30(40-20)25(27)19(31)12-28(3)18(6-8-29(28,30)35)15-9-21(32)37-13-15/h9,14,16-20,22-26,31,33-35H,5-8,10-13H2,1-4H3/t14?,16-,17-,18+,19+,20-,22-,23?,24?,25?,26-,27-,28+,29+,30?/m0/s1. The molecule has 4 aliphatic carbocycles. The summed E-state index contributed by atoms with van der Waals surface area (Å²) in [6, 6.07) is 0. The van der Waals surface area contributed by atoms with E-state index in [1.54, 1.807) is 13.0 Å². The van der Waals surface area contributed by atoms with Gasteiger partial charge in [0, 0.05) is 24.5 Å². The Morgan fingerprint density at radius 1 is 1.07 bits per heavy atom. The van der Waals surface area contributed by atoms with Crippen LogP contribution in [-0.2, 0) is 28.5 Å². The van der Waals surface area contributed by atoms with Gasteiger partial charge < -0.3 is 44.1 Å². The van der Waals surface area contributed by atoms with Gasteiger partial charge in [0.1, 0.15) is 36.1 Å². The minimum absolute atomic E-state index is 0.0350. The Balaban J connectivity index is 1.12. The zero-order valence-corrected chi connectivity index (χ0v) is 23.8. The highest BCUT2D eigenvalue weighted by Gasteiger charge is 2.86. The molecule has 0 aromatic heterocycles. The number of methoxy groups -OCH3 is 1. The first kappa shape index (κ1) is 27.7. The molecule has 224 valence electrons. The van der Waals surface area contributed by atoms with Crippen LogP contribution in [0.5, 0.6) is 0 Å². The fraction of sp³-hybridized carbons (Fsp3) is 0.900. The van der Waals surface area contributed by atoms with Gasteiger partial charge in [-0.15, -0.1) is 0 Å². The van der Waals surface area contributed by atoms with Gasteiger partial charge in [0.15, 0.2) is 6.29 Å². The summed E-state index contributed by atoms with van der Waals surface area (Å²) in [4.78, 5) is 11.9. The van der Waals surface area contributed by atoms with Crippen LogP contribution in [0.4, 0.5) is 0 Å². The van der Waals surface area contributed by atoms with Crippen molar-refractivity contribution in [3.8, 4) is 0 Å². The molecule has 7 aliphatic rings. The van der Waals surface area contributed by atoms with E-state index in [4.69, 9.17) is 23.7 Å². The number of carbonyl (C=O) groups is 1. The van der Waals surface area contributed by atoms with Crippen molar-refractivity contribution >= 4 is 5.97 Å². The third-order valence-corrected chi connectivity index (χ3v) is 12.6. The molecule has 0 bridgehead atoms. The van der Waals surface area contributed by atoms with Gasteiger partial charge in [-0.3, -0.25) is 0 Å². The molecule has 2 saturated heterocycles. The summed E-state index contributed by atoms with van der Waals surface area (Å²) in [6.07, 6.45) is 1.17. The number of fused-ring (bicyclic) bond motifs is 3. The second-order valence-electron chi connectivity index (χ2n) is 14.2. The summed E-state index contributed by atoms with van der Waals surface area (Å²) < 4.78 is 29.3. The second kappa shape index (κ2) is 8.95. The number of hydrogen-bond donors (Lipinski definition) is 4. The molecule has 3 heterocycles. The molecule has 4 N–H and O–H groups in total. The maximum absolute atomic E-state index is 12.6. The molecule has 3 aliphatic heterocycles. The summed E-state index contributed by atoms with van der Waals surface area (Å²) in [5.41, 5.74) is -1.84. The molecule has 4 saturated carbocycles. The van der Waals surface area contributed by atoms with E-state index in [0.29, 0.717) is 12.8 Å². The van der Waals surface area contributed by atoms with Gasteiger partial charge in [-0.2, -0.15) is 0 Å². The minimum Gasteiger partial charge on any atom is -0.458 e. The van der Waals surface area contributed by atoms with E-state index in [9.17, 15) is 25.2 Å². The second-order valence-corrected chi connectivity index (χ2v) is 14.2.